The van der Waals surface area contributed by atoms with Crippen LogP contribution in [0.2, 0.25) is 0 Å². The van der Waals surface area contributed by atoms with E-state index in [1.165, 1.54) is 75.1 Å². The van der Waals surface area contributed by atoms with Crippen LogP contribution in [0.3, 0.4) is 0 Å². The molecule has 0 amide bonds. The van der Waals surface area contributed by atoms with Crippen molar-refractivity contribution in [3.05, 3.63) is 212 Å². The summed E-state index contributed by atoms with van der Waals surface area (Å²) in [6, 6.07) is 76.9. The molecule has 0 saturated heterocycles. The first-order valence-corrected chi connectivity index (χ1v) is 20.9. The molecule has 2 aromatic heterocycles. The SMILES string of the molecule is c1ccc(-c2ccc3c(c2)sc2c(-c4ccccc4)ccc(N(c4ccc(-c5ccc6c(ccc7ccccc76)c5)cc4)c4cccc5oc6ccccc6c45)c23)cc1. The molecule has 0 atom stereocenters. The molecule has 0 unspecified atom stereocenters. The minimum absolute atomic E-state index is 0.869. The van der Waals surface area contributed by atoms with Crippen molar-refractivity contribution in [1.29, 1.82) is 0 Å². The van der Waals surface area contributed by atoms with Crippen molar-refractivity contribution in [3.8, 4) is 33.4 Å². The molecule has 276 valence electrons. The lowest BCUT2D eigenvalue weighted by atomic mass is 9.97. The summed E-state index contributed by atoms with van der Waals surface area (Å²) >= 11 is 1.88. The van der Waals surface area contributed by atoms with Crippen molar-refractivity contribution in [3.63, 3.8) is 0 Å². The minimum atomic E-state index is 0.869. The fraction of sp³-hybridized carbons (Fsp3) is 0. The van der Waals surface area contributed by atoms with Crippen LogP contribution in [0.25, 0.3) is 97.0 Å². The molecule has 59 heavy (non-hydrogen) atoms. The fourth-order valence-electron chi connectivity index (χ4n) is 9.05. The molecule has 12 aromatic rings. The van der Waals surface area contributed by atoms with Gasteiger partial charge in [-0.05, 0) is 103 Å². The van der Waals surface area contributed by atoms with Crippen molar-refractivity contribution < 1.29 is 4.42 Å². The molecular formula is C56H35NOS. The van der Waals surface area contributed by atoms with E-state index in [-0.39, 0.29) is 0 Å². The third kappa shape index (κ3) is 5.55. The molecule has 0 saturated carbocycles. The first-order valence-electron chi connectivity index (χ1n) is 20.1. The first-order chi connectivity index (χ1) is 29.2. The molecule has 2 heterocycles. The Morgan fingerprint density at radius 1 is 0.356 bits per heavy atom. The summed E-state index contributed by atoms with van der Waals surface area (Å²) in [5, 5.41) is 9.74. The van der Waals surface area contributed by atoms with E-state index >= 15 is 0 Å². The van der Waals surface area contributed by atoms with Gasteiger partial charge in [-0.1, -0.05) is 164 Å². The van der Waals surface area contributed by atoms with Gasteiger partial charge < -0.3 is 9.32 Å². The van der Waals surface area contributed by atoms with Gasteiger partial charge in [-0.25, -0.2) is 0 Å². The van der Waals surface area contributed by atoms with E-state index in [0.717, 1.165) is 39.0 Å². The standard InChI is InChI=1S/C56H35NOS/c1-3-12-36(13-4-1)41-27-31-48-53(35-41)59-56-46(38-14-5-2-6-15-38)32-33-50(55(48)56)57(49-19-11-21-52-54(49)47-18-9-10-20-51(47)58-52)43-28-24-37(25-29-43)40-26-30-45-42(34-40)23-22-39-16-7-8-17-44(39)45/h1-35H. The molecule has 3 heteroatoms. The van der Waals surface area contributed by atoms with Crippen molar-refractivity contribution in [1.82, 2.24) is 0 Å². The summed E-state index contributed by atoms with van der Waals surface area (Å²) in [5.41, 5.74) is 12.3. The molecular weight excluding hydrogens is 735 g/mol. The van der Waals surface area contributed by atoms with Crippen molar-refractivity contribution in [2.45, 2.75) is 0 Å². The quantitative estimate of drug-likeness (QED) is 0.157. The molecule has 10 aromatic carbocycles. The lowest BCUT2D eigenvalue weighted by molar-refractivity contribution is 0.669. The van der Waals surface area contributed by atoms with Crippen LogP contribution in [0.15, 0.2) is 217 Å². The summed E-state index contributed by atoms with van der Waals surface area (Å²) in [4.78, 5) is 2.45. The van der Waals surface area contributed by atoms with E-state index in [1.807, 2.05) is 17.4 Å². The van der Waals surface area contributed by atoms with Crippen LogP contribution < -0.4 is 4.90 Å². The molecule has 0 aliphatic carbocycles. The zero-order valence-electron chi connectivity index (χ0n) is 32.0. The molecule has 0 N–H and O–H groups in total. The summed E-state index contributed by atoms with van der Waals surface area (Å²) in [6.07, 6.45) is 0. The van der Waals surface area contributed by atoms with Crippen molar-refractivity contribution >= 4 is 92.1 Å². The molecule has 0 aliphatic heterocycles. The summed E-state index contributed by atoms with van der Waals surface area (Å²) in [6.45, 7) is 0. The Balaban J connectivity index is 1.09. The summed E-state index contributed by atoms with van der Waals surface area (Å²) < 4.78 is 9.03. The van der Waals surface area contributed by atoms with E-state index < -0.39 is 0 Å². The maximum Gasteiger partial charge on any atom is 0.137 e. The van der Waals surface area contributed by atoms with E-state index in [9.17, 15) is 0 Å². The highest BCUT2D eigenvalue weighted by atomic mass is 32.1. The number of fused-ring (bicyclic) bond motifs is 9. The number of hydrogen-bond acceptors (Lipinski definition) is 3. The second-order valence-electron chi connectivity index (χ2n) is 15.2. The van der Waals surface area contributed by atoms with E-state index in [1.54, 1.807) is 0 Å². The number of anilines is 3. The molecule has 0 bridgehead atoms. The maximum absolute atomic E-state index is 6.50. The van der Waals surface area contributed by atoms with Crippen LogP contribution in [0.1, 0.15) is 0 Å². The van der Waals surface area contributed by atoms with Crippen molar-refractivity contribution in [2.24, 2.45) is 0 Å². The average molecular weight is 770 g/mol. The monoisotopic (exact) mass is 769 g/mol. The lowest BCUT2D eigenvalue weighted by Gasteiger charge is -2.28. The number of rotatable bonds is 6. The molecule has 0 aliphatic rings. The van der Waals surface area contributed by atoms with Crippen LogP contribution in [0.4, 0.5) is 17.1 Å². The van der Waals surface area contributed by atoms with Gasteiger partial charge in [-0.3, -0.25) is 0 Å². The largest absolute Gasteiger partial charge is 0.456 e. The zero-order valence-corrected chi connectivity index (χ0v) is 32.8. The number of furan rings is 1. The third-order valence-electron chi connectivity index (χ3n) is 11.9. The smallest absolute Gasteiger partial charge is 0.137 e. The minimum Gasteiger partial charge on any atom is -0.456 e. The van der Waals surface area contributed by atoms with Crippen LogP contribution in [-0.4, -0.2) is 0 Å². The van der Waals surface area contributed by atoms with Gasteiger partial charge in [0.15, 0.2) is 0 Å². The predicted molar refractivity (Wildman–Crippen MR) is 253 cm³/mol. The van der Waals surface area contributed by atoms with E-state index in [4.69, 9.17) is 4.42 Å². The molecule has 0 fully saturated rings. The highest BCUT2D eigenvalue weighted by Gasteiger charge is 2.24. The Morgan fingerprint density at radius 3 is 1.80 bits per heavy atom. The van der Waals surface area contributed by atoms with E-state index in [2.05, 4.69) is 211 Å². The van der Waals surface area contributed by atoms with Crippen molar-refractivity contribution in [2.75, 3.05) is 4.90 Å². The zero-order chi connectivity index (χ0) is 38.9. The average Bonchev–Trinajstić information content (AvgIpc) is 3.89. The van der Waals surface area contributed by atoms with Crippen LogP contribution in [0, 0.1) is 0 Å². The summed E-state index contributed by atoms with van der Waals surface area (Å²) in [5.74, 6) is 0. The summed E-state index contributed by atoms with van der Waals surface area (Å²) in [7, 11) is 0. The Morgan fingerprint density at radius 2 is 0.966 bits per heavy atom. The maximum atomic E-state index is 6.50. The number of benzene rings is 10. The van der Waals surface area contributed by atoms with Crippen LogP contribution >= 0.6 is 11.3 Å². The second kappa shape index (κ2) is 13.6. The van der Waals surface area contributed by atoms with Gasteiger partial charge in [-0.2, -0.15) is 0 Å². The normalized spacial score (nSPS) is 11.7. The van der Waals surface area contributed by atoms with Gasteiger partial charge in [0.25, 0.3) is 0 Å². The Labute approximate surface area is 345 Å². The highest BCUT2D eigenvalue weighted by molar-refractivity contribution is 7.26. The molecule has 2 nitrogen and oxygen atoms in total. The second-order valence-corrected chi connectivity index (χ2v) is 16.3. The fourth-order valence-corrected chi connectivity index (χ4v) is 10.3. The third-order valence-corrected chi connectivity index (χ3v) is 13.0. The lowest BCUT2D eigenvalue weighted by Crippen LogP contribution is -2.11. The van der Waals surface area contributed by atoms with Gasteiger partial charge >= 0.3 is 0 Å². The number of para-hydroxylation sites is 1. The topological polar surface area (TPSA) is 16.4 Å². The van der Waals surface area contributed by atoms with Crippen LogP contribution in [0.5, 0.6) is 0 Å². The van der Waals surface area contributed by atoms with Gasteiger partial charge in [0, 0.05) is 31.2 Å². The number of hydrogen-bond donors (Lipinski definition) is 0. The Kier molecular flexibility index (Phi) is 7.75. The number of nitrogens with zero attached hydrogens (tertiary/aromatic N) is 1. The Hall–Kier alpha value is -7.46. The first kappa shape index (κ1) is 33.7. The van der Waals surface area contributed by atoms with Gasteiger partial charge in [0.05, 0.1) is 16.8 Å². The van der Waals surface area contributed by atoms with Gasteiger partial charge in [0.2, 0.25) is 0 Å². The number of thiophene rings is 1. The molecule has 0 radical (unpaired) electrons. The Bertz CT molecular complexity index is 3550. The van der Waals surface area contributed by atoms with Crippen LogP contribution in [-0.2, 0) is 0 Å². The van der Waals surface area contributed by atoms with Gasteiger partial charge in [-0.15, -0.1) is 11.3 Å². The van der Waals surface area contributed by atoms with Gasteiger partial charge in [0.1, 0.15) is 11.2 Å². The molecule has 0 spiro atoms. The predicted octanol–water partition coefficient (Wildman–Crippen LogP) is 16.7. The van der Waals surface area contributed by atoms with E-state index in [0.29, 0.717) is 0 Å². The molecule has 12 rings (SSSR count). The highest BCUT2D eigenvalue weighted by Crippen LogP contribution is 2.51.